The van der Waals surface area contributed by atoms with Crippen molar-refractivity contribution < 1.29 is 4.79 Å². The summed E-state index contributed by atoms with van der Waals surface area (Å²) in [5, 5.41) is 0. The van der Waals surface area contributed by atoms with Gasteiger partial charge in [0.1, 0.15) is 18.0 Å². The van der Waals surface area contributed by atoms with E-state index in [1.807, 2.05) is 4.90 Å². The van der Waals surface area contributed by atoms with Crippen LogP contribution in [-0.2, 0) is 11.2 Å². The van der Waals surface area contributed by atoms with Crippen LogP contribution in [-0.4, -0.2) is 47.0 Å². The summed E-state index contributed by atoms with van der Waals surface area (Å²) < 4.78 is 0. The SMILES string of the molecule is CCc1c(N)ncnc1N1CCCN(C(C)=O)CC1. The minimum Gasteiger partial charge on any atom is -0.383 e. The fraction of sp³-hybridized carbons (Fsp3) is 0.615. The number of hydrogen-bond acceptors (Lipinski definition) is 5. The average molecular weight is 263 g/mol. The van der Waals surface area contributed by atoms with Crippen LogP contribution in [0.1, 0.15) is 25.8 Å². The summed E-state index contributed by atoms with van der Waals surface area (Å²) in [5.41, 5.74) is 6.91. The Morgan fingerprint density at radius 3 is 2.79 bits per heavy atom. The van der Waals surface area contributed by atoms with Gasteiger partial charge in [-0.1, -0.05) is 6.92 Å². The Hall–Kier alpha value is -1.85. The van der Waals surface area contributed by atoms with Crippen molar-refractivity contribution in [3.63, 3.8) is 0 Å². The Morgan fingerprint density at radius 1 is 1.32 bits per heavy atom. The molecule has 0 spiro atoms. The number of aromatic nitrogens is 2. The van der Waals surface area contributed by atoms with Gasteiger partial charge < -0.3 is 15.5 Å². The lowest BCUT2D eigenvalue weighted by Crippen LogP contribution is -2.34. The van der Waals surface area contributed by atoms with E-state index in [-0.39, 0.29) is 5.91 Å². The van der Waals surface area contributed by atoms with E-state index < -0.39 is 0 Å². The first kappa shape index (κ1) is 13.6. The van der Waals surface area contributed by atoms with E-state index in [0.717, 1.165) is 50.4 Å². The first-order chi connectivity index (χ1) is 9.13. The lowest BCUT2D eigenvalue weighted by atomic mass is 10.2. The molecule has 0 radical (unpaired) electrons. The Bertz CT molecular complexity index is 462. The number of amides is 1. The Morgan fingerprint density at radius 2 is 2.11 bits per heavy atom. The van der Waals surface area contributed by atoms with Gasteiger partial charge in [0, 0.05) is 38.7 Å². The van der Waals surface area contributed by atoms with Crippen LogP contribution in [0.5, 0.6) is 0 Å². The molecular weight excluding hydrogens is 242 g/mol. The molecule has 2 N–H and O–H groups in total. The number of carbonyl (C=O) groups is 1. The Labute approximate surface area is 113 Å². The number of nitrogen functional groups attached to an aromatic ring is 1. The molecule has 0 aliphatic carbocycles. The largest absolute Gasteiger partial charge is 0.383 e. The van der Waals surface area contributed by atoms with Crippen molar-refractivity contribution >= 4 is 17.5 Å². The number of nitrogens with zero attached hydrogens (tertiary/aromatic N) is 4. The fourth-order valence-electron chi connectivity index (χ4n) is 2.47. The van der Waals surface area contributed by atoms with Gasteiger partial charge in [-0.2, -0.15) is 0 Å². The maximum Gasteiger partial charge on any atom is 0.219 e. The van der Waals surface area contributed by atoms with Crippen molar-refractivity contribution in [2.45, 2.75) is 26.7 Å². The van der Waals surface area contributed by atoms with Crippen LogP contribution >= 0.6 is 0 Å². The quantitative estimate of drug-likeness (QED) is 0.849. The number of anilines is 2. The lowest BCUT2D eigenvalue weighted by Gasteiger charge is -2.24. The van der Waals surface area contributed by atoms with Gasteiger partial charge in [0.25, 0.3) is 0 Å². The van der Waals surface area contributed by atoms with Crippen molar-refractivity contribution in [3.05, 3.63) is 11.9 Å². The molecule has 1 saturated heterocycles. The second kappa shape index (κ2) is 5.86. The zero-order chi connectivity index (χ0) is 13.8. The highest BCUT2D eigenvalue weighted by Crippen LogP contribution is 2.23. The van der Waals surface area contributed by atoms with Crippen molar-refractivity contribution in [2.75, 3.05) is 36.8 Å². The molecule has 1 aliphatic rings. The summed E-state index contributed by atoms with van der Waals surface area (Å²) in [6.45, 7) is 6.92. The Balaban J connectivity index is 2.18. The van der Waals surface area contributed by atoms with E-state index in [0.29, 0.717) is 5.82 Å². The summed E-state index contributed by atoms with van der Waals surface area (Å²) in [4.78, 5) is 24.0. The summed E-state index contributed by atoms with van der Waals surface area (Å²) in [7, 11) is 0. The van der Waals surface area contributed by atoms with E-state index in [4.69, 9.17) is 5.73 Å². The zero-order valence-electron chi connectivity index (χ0n) is 11.6. The molecule has 1 aromatic rings. The fourth-order valence-corrected chi connectivity index (χ4v) is 2.47. The van der Waals surface area contributed by atoms with Crippen LogP contribution in [0.25, 0.3) is 0 Å². The molecule has 6 heteroatoms. The normalized spacial score (nSPS) is 16.3. The second-order valence-electron chi connectivity index (χ2n) is 4.76. The third-order valence-corrected chi connectivity index (χ3v) is 3.55. The molecule has 1 aromatic heterocycles. The summed E-state index contributed by atoms with van der Waals surface area (Å²) in [5.74, 6) is 1.61. The predicted molar refractivity (Wildman–Crippen MR) is 74.9 cm³/mol. The lowest BCUT2D eigenvalue weighted by molar-refractivity contribution is -0.128. The number of carbonyl (C=O) groups excluding carboxylic acids is 1. The standard InChI is InChI=1S/C13H21N5O/c1-3-11-12(14)15-9-16-13(11)18-6-4-5-17(7-8-18)10(2)19/h9H,3-8H2,1-2H3,(H2,14,15,16). The third kappa shape index (κ3) is 2.94. The first-order valence-corrected chi connectivity index (χ1v) is 6.73. The van der Waals surface area contributed by atoms with Gasteiger partial charge >= 0.3 is 0 Å². The first-order valence-electron chi connectivity index (χ1n) is 6.73. The summed E-state index contributed by atoms with van der Waals surface area (Å²) in [6, 6.07) is 0. The summed E-state index contributed by atoms with van der Waals surface area (Å²) in [6.07, 6.45) is 3.28. The monoisotopic (exact) mass is 263 g/mol. The number of nitrogens with two attached hydrogens (primary N) is 1. The molecule has 1 aliphatic heterocycles. The summed E-state index contributed by atoms with van der Waals surface area (Å²) >= 11 is 0. The maximum atomic E-state index is 11.4. The third-order valence-electron chi connectivity index (χ3n) is 3.55. The molecule has 1 fully saturated rings. The molecule has 2 heterocycles. The maximum absolute atomic E-state index is 11.4. The molecule has 2 rings (SSSR count). The average Bonchev–Trinajstić information content (AvgIpc) is 2.64. The Kier molecular flexibility index (Phi) is 4.19. The molecule has 0 aromatic carbocycles. The van der Waals surface area contributed by atoms with E-state index in [2.05, 4.69) is 21.8 Å². The van der Waals surface area contributed by atoms with Crippen molar-refractivity contribution in [1.82, 2.24) is 14.9 Å². The molecular formula is C13H21N5O. The van der Waals surface area contributed by atoms with Crippen LogP contribution < -0.4 is 10.6 Å². The van der Waals surface area contributed by atoms with Crippen LogP contribution in [0.15, 0.2) is 6.33 Å². The highest BCUT2D eigenvalue weighted by Gasteiger charge is 2.20. The van der Waals surface area contributed by atoms with Gasteiger partial charge in [-0.15, -0.1) is 0 Å². The van der Waals surface area contributed by atoms with Gasteiger partial charge in [-0.25, -0.2) is 9.97 Å². The molecule has 0 atom stereocenters. The van der Waals surface area contributed by atoms with Crippen LogP contribution in [0, 0.1) is 0 Å². The van der Waals surface area contributed by atoms with Gasteiger partial charge in [0.2, 0.25) is 5.91 Å². The topological polar surface area (TPSA) is 75.3 Å². The second-order valence-corrected chi connectivity index (χ2v) is 4.76. The highest BCUT2D eigenvalue weighted by atomic mass is 16.2. The number of rotatable bonds is 2. The molecule has 0 saturated carbocycles. The van der Waals surface area contributed by atoms with Crippen LogP contribution in [0.4, 0.5) is 11.6 Å². The van der Waals surface area contributed by atoms with Gasteiger partial charge in [-0.05, 0) is 12.8 Å². The number of hydrogen-bond donors (Lipinski definition) is 1. The van der Waals surface area contributed by atoms with Crippen LogP contribution in [0.3, 0.4) is 0 Å². The minimum atomic E-state index is 0.139. The van der Waals surface area contributed by atoms with Gasteiger partial charge in [-0.3, -0.25) is 4.79 Å². The van der Waals surface area contributed by atoms with Crippen LogP contribution in [0.2, 0.25) is 0 Å². The minimum absolute atomic E-state index is 0.139. The van der Waals surface area contributed by atoms with E-state index >= 15 is 0 Å². The van der Waals surface area contributed by atoms with E-state index in [1.165, 1.54) is 6.33 Å². The van der Waals surface area contributed by atoms with Crippen molar-refractivity contribution in [3.8, 4) is 0 Å². The molecule has 6 nitrogen and oxygen atoms in total. The molecule has 19 heavy (non-hydrogen) atoms. The van der Waals surface area contributed by atoms with E-state index in [1.54, 1.807) is 6.92 Å². The zero-order valence-corrected chi connectivity index (χ0v) is 11.6. The predicted octanol–water partition coefficient (Wildman–Crippen LogP) is 0.680. The van der Waals surface area contributed by atoms with Crippen molar-refractivity contribution in [2.24, 2.45) is 0 Å². The van der Waals surface area contributed by atoms with Crippen molar-refractivity contribution in [1.29, 1.82) is 0 Å². The smallest absolute Gasteiger partial charge is 0.219 e. The highest BCUT2D eigenvalue weighted by molar-refractivity contribution is 5.73. The molecule has 0 unspecified atom stereocenters. The molecule has 0 bridgehead atoms. The molecule has 1 amide bonds. The van der Waals surface area contributed by atoms with Gasteiger partial charge in [0.05, 0.1) is 0 Å². The van der Waals surface area contributed by atoms with E-state index in [9.17, 15) is 4.79 Å². The van der Waals surface area contributed by atoms with Gasteiger partial charge in [0.15, 0.2) is 0 Å². The molecule has 104 valence electrons.